The quantitative estimate of drug-likeness (QED) is 0.458. The van der Waals surface area contributed by atoms with E-state index in [1.807, 2.05) is 60.7 Å². The number of aromatic nitrogens is 2. The molecule has 0 radical (unpaired) electrons. The van der Waals surface area contributed by atoms with E-state index in [1.54, 1.807) is 7.11 Å². The van der Waals surface area contributed by atoms with Gasteiger partial charge in [0.25, 0.3) is 5.56 Å². The Labute approximate surface area is 189 Å². The third kappa shape index (κ3) is 4.16. The molecule has 1 fully saturated rings. The number of thiophene rings is 1. The Morgan fingerprint density at radius 2 is 1.94 bits per heavy atom. The first-order valence-electron chi connectivity index (χ1n) is 10.6. The summed E-state index contributed by atoms with van der Waals surface area (Å²) in [6, 6.07) is 19.6. The molecule has 4 aromatic rings. The van der Waals surface area contributed by atoms with Gasteiger partial charge in [-0.15, -0.1) is 11.3 Å². The van der Waals surface area contributed by atoms with Crippen LogP contribution in [-0.2, 0) is 11.3 Å². The minimum atomic E-state index is -0.197. The summed E-state index contributed by atoms with van der Waals surface area (Å²) < 4.78 is 7.15. The second-order valence-corrected chi connectivity index (χ2v) is 9.08. The second kappa shape index (κ2) is 8.59. The zero-order chi connectivity index (χ0) is 22.1. The van der Waals surface area contributed by atoms with E-state index in [-0.39, 0.29) is 24.1 Å². The summed E-state index contributed by atoms with van der Waals surface area (Å²) in [6.45, 7) is -0.0480. The highest BCUT2D eigenvalue weighted by molar-refractivity contribution is 7.22. The van der Waals surface area contributed by atoms with Crippen LogP contribution in [0.3, 0.4) is 0 Å². The van der Waals surface area contributed by atoms with E-state index in [4.69, 9.17) is 4.74 Å². The van der Waals surface area contributed by atoms with Gasteiger partial charge in [0.15, 0.2) is 0 Å². The predicted molar refractivity (Wildman–Crippen MR) is 126 cm³/mol. The molecule has 2 aromatic carbocycles. The molecule has 1 aliphatic carbocycles. The molecule has 0 bridgehead atoms. The van der Waals surface area contributed by atoms with Gasteiger partial charge in [-0.3, -0.25) is 14.2 Å². The first kappa shape index (κ1) is 20.5. The Morgan fingerprint density at radius 3 is 2.62 bits per heavy atom. The van der Waals surface area contributed by atoms with Crippen molar-refractivity contribution in [2.75, 3.05) is 7.11 Å². The number of amides is 1. The van der Waals surface area contributed by atoms with Gasteiger partial charge in [-0.1, -0.05) is 30.3 Å². The van der Waals surface area contributed by atoms with E-state index in [0.717, 1.165) is 34.6 Å². The van der Waals surface area contributed by atoms with Crippen molar-refractivity contribution in [1.29, 1.82) is 0 Å². The van der Waals surface area contributed by atoms with E-state index in [1.165, 1.54) is 22.2 Å². The summed E-state index contributed by atoms with van der Waals surface area (Å²) >= 11 is 1.39. The standard InChI is InChI=1S/C25H23N3O3S/c1-31-19-11-9-16(10-12-19)21-13-20-24(32-21)25(30)28(15-26-20)14-22(29)27-23(18-7-8-18)17-5-3-2-4-6-17/h2-6,9-13,15,18,23H,7-8,14H2,1H3,(H,27,29). The Hall–Kier alpha value is -3.45. The molecule has 1 atom stereocenters. The highest BCUT2D eigenvalue weighted by Gasteiger charge is 2.33. The number of carbonyl (C=O) groups excluding carboxylic acids is 1. The van der Waals surface area contributed by atoms with Crippen LogP contribution in [-0.4, -0.2) is 22.6 Å². The van der Waals surface area contributed by atoms with Crippen LogP contribution in [0.4, 0.5) is 0 Å². The van der Waals surface area contributed by atoms with Gasteiger partial charge in [0.05, 0.1) is 25.0 Å². The number of rotatable bonds is 7. The number of carbonyl (C=O) groups is 1. The summed E-state index contributed by atoms with van der Waals surface area (Å²) in [7, 11) is 1.63. The van der Waals surface area contributed by atoms with Crippen LogP contribution in [0.2, 0.25) is 0 Å². The number of hydrogen-bond acceptors (Lipinski definition) is 5. The summed E-state index contributed by atoms with van der Waals surface area (Å²) in [6.07, 6.45) is 3.68. The van der Waals surface area contributed by atoms with Gasteiger partial charge in [0, 0.05) is 4.88 Å². The molecule has 0 spiro atoms. The van der Waals surface area contributed by atoms with Crippen molar-refractivity contribution in [2.24, 2.45) is 5.92 Å². The minimum absolute atomic E-state index is 0.0143. The Kier molecular flexibility index (Phi) is 5.49. The molecule has 1 N–H and O–H groups in total. The third-order valence-corrected chi connectivity index (χ3v) is 6.92. The number of ether oxygens (including phenoxy) is 1. The second-order valence-electron chi connectivity index (χ2n) is 8.02. The normalized spacial score (nSPS) is 14.3. The van der Waals surface area contributed by atoms with Crippen molar-refractivity contribution in [3.05, 3.63) is 82.9 Å². The number of benzene rings is 2. The highest BCUT2D eigenvalue weighted by Crippen LogP contribution is 2.41. The first-order chi connectivity index (χ1) is 15.6. The lowest BCUT2D eigenvalue weighted by molar-refractivity contribution is -0.122. The molecule has 1 saturated carbocycles. The maximum Gasteiger partial charge on any atom is 0.271 e. The molecule has 1 amide bonds. The van der Waals surface area contributed by atoms with Gasteiger partial charge in [-0.2, -0.15) is 0 Å². The first-order valence-corrected chi connectivity index (χ1v) is 11.4. The molecule has 1 aliphatic rings. The topological polar surface area (TPSA) is 73.2 Å². The minimum Gasteiger partial charge on any atom is -0.497 e. The molecule has 0 saturated heterocycles. The highest BCUT2D eigenvalue weighted by atomic mass is 32.1. The molecule has 0 aliphatic heterocycles. The van der Waals surface area contributed by atoms with Crippen molar-refractivity contribution < 1.29 is 9.53 Å². The lowest BCUT2D eigenvalue weighted by Gasteiger charge is -2.19. The summed E-state index contributed by atoms with van der Waals surface area (Å²) in [5.74, 6) is 1.06. The Morgan fingerprint density at radius 1 is 1.19 bits per heavy atom. The smallest absolute Gasteiger partial charge is 0.271 e. The molecule has 32 heavy (non-hydrogen) atoms. The largest absolute Gasteiger partial charge is 0.497 e. The van der Waals surface area contributed by atoms with E-state index < -0.39 is 0 Å². The van der Waals surface area contributed by atoms with Crippen molar-refractivity contribution >= 4 is 27.5 Å². The van der Waals surface area contributed by atoms with Crippen LogP contribution >= 0.6 is 11.3 Å². The van der Waals surface area contributed by atoms with Gasteiger partial charge < -0.3 is 10.1 Å². The fourth-order valence-corrected chi connectivity index (χ4v) is 4.96. The van der Waals surface area contributed by atoms with Crippen LogP contribution in [0, 0.1) is 5.92 Å². The van der Waals surface area contributed by atoms with Gasteiger partial charge in [-0.05, 0) is 60.2 Å². The summed E-state index contributed by atoms with van der Waals surface area (Å²) in [4.78, 5) is 31.2. The maximum absolute atomic E-state index is 13.0. The van der Waals surface area contributed by atoms with Crippen LogP contribution in [0.1, 0.15) is 24.4 Å². The summed E-state index contributed by atoms with van der Waals surface area (Å²) in [5.41, 5.74) is 2.54. The average molecular weight is 446 g/mol. The van der Waals surface area contributed by atoms with Crippen LogP contribution in [0.25, 0.3) is 20.7 Å². The maximum atomic E-state index is 13.0. The van der Waals surface area contributed by atoms with E-state index in [9.17, 15) is 9.59 Å². The number of nitrogens with one attached hydrogen (secondary N) is 1. The van der Waals surface area contributed by atoms with Crippen LogP contribution in [0.15, 0.2) is 71.8 Å². The Balaban J connectivity index is 1.36. The zero-order valence-electron chi connectivity index (χ0n) is 17.7. The molecule has 5 rings (SSSR count). The van der Waals surface area contributed by atoms with Gasteiger partial charge in [-0.25, -0.2) is 4.98 Å². The molecule has 1 unspecified atom stereocenters. The van der Waals surface area contributed by atoms with Gasteiger partial charge in [0.1, 0.15) is 17.0 Å². The SMILES string of the molecule is COc1ccc(-c2cc3ncn(CC(=O)NC(c4ccccc4)C4CC4)c(=O)c3s2)cc1. The summed E-state index contributed by atoms with van der Waals surface area (Å²) in [5, 5.41) is 3.13. The van der Waals surface area contributed by atoms with E-state index in [2.05, 4.69) is 10.3 Å². The van der Waals surface area contributed by atoms with Crippen molar-refractivity contribution in [3.8, 4) is 16.2 Å². The van der Waals surface area contributed by atoms with Crippen molar-refractivity contribution in [3.63, 3.8) is 0 Å². The van der Waals surface area contributed by atoms with Crippen molar-refractivity contribution in [2.45, 2.75) is 25.4 Å². The molecular weight excluding hydrogens is 422 g/mol. The van der Waals surface area contributed by atoms with E-state index in [0.29, 0.717) is 16.1 Å². The number of nitrogens with zero attached hydrogens (tertiary/aromatic N) is 2. The van der Waals surface area contributed by atoms with Gasteiger partial charge in [0.2, 0.25) is 5.91 Å². The predicted octanol–water partition coefficient (Wildman–Crippen LogP) is 4.40. The average Bonchev–Trinajstić information content (AvgIpc) is 3.58. The number of methoxy groups -OCH3 is 1. The lowest BCUT2D eigenvalue weighted by atomic mass is 10.0. The lowest BCUT2D eigenvalue weighted by Crippen LogP contribution is -2.35. The molecular formula is C25H23N3O3S. The number of hydrogen-bond donors (Lipinski definition) is 1. The molecule has 2 heterocycles. The molecule has 2 aromatic heterocycles. The fraction of sp³-hybridized carbons (Fsp3) is 0.240. The molecule has 6 nitrogen and oxygen atoms in total. The molecule has 7 heteroatoms. The fourth-order valence-electron chi connectivity index (χ4n) is 3.89. The zero-order valence-corrected chi connectivity index (χ0v) is 18.5. The molecule has 162 valence electrons. The Bertz CT molecular complexity index is 1310. The van der Waals surface area contributed by atoms with Gasteiger partial charge >= 0.3 is 0 Å². The van der Waals surface area contributed by atoms with E-state index >= 15 is 0 Å². The monoisotopic (exact) mass is 445 g/mol. The van der Waals surface area contributed by atoms with Crippen LogP contribution < -0.4 is 15.6 Å². The van der Waals surface area contributed by atoms with Crippen LogP contribution in [0.5, 0.6) is 5.75 Å². The third-order valence-electron chi connectivity index (χ3n) is 5.76. The number of fused-ring (bicyclic) bond motifs is 1. The van der Waals surface area contributed by atoms with Crippen molar-refractivity contribution in [1.82, 2.24) is 14.9 Å².